The zero-order valence-electron chi connectivity index (χ0n) is 28.4. The molecule has 0 saturated carbocycles. The SMILES string of the molecule is C=CCNC(=O)[C@@H]1[C@H]2C(=O)O[C@H](c3ccccc3)[C@H](c3ccccc3)N2[C@H](c2ccccc2OCCO)[C@@]12C(=O)Nc1ccc(C#CCCO)cc12. The first-order chi connectivity index (χ1) is 25.4. The van der Waals surface area contributed by atoms with Gasteiger partial charge in [0.25, 0.3) is 0 Å². The Kier molecular flexibility index (Phi) is 9.92. The Hall–Kier alpha value is -5.73. The van der Waals surface area contributed by atoms with Crippen molar-refractivity contribution in [3.05, 3.63) is 144 Å². The van der Waals surface area contributed by atoms with E-state index in [0.29, 0.717) is 28.1 Å². The van der Waals surface area contributed by atoms with Crippen LogP contribution in [0.2, 0.25) is 0 Å². The third-order valence-corrected chi connectivity index (χ3v) is 10.0. The van der Waals surface area contributed by atoms with Crippen molar-refractivity contribution in [2.24, 2.45) is 5.92 Å². The van der Waals surface area contributed by atoms with Gasteiger partial charge < -0.3 is 30.3 Å². The molecular formula is C42H39N3O7. The second-order valence-electron chi connectivity index (χ2n) is 12.9. The minimum Gasteiger partial charge on any atom is -0.491 e. The number of aliphatic hydroxyl groups is 2. The van der Waals surface area contributed by atoms with Crippen LogP contribution in [0, 0.1) is 17.8 Å². The third-order valence-electron chi connectivity index (χ3n) is 10.0. The van der Waals surface area contributed by atoms with Gasteiger partial charge in [-0.05, 0) is 41.0 Å². The predicted octanol–water partition coefficient (Wildman–Crippen LogP) is 4.36. The Morgan fingerprint density at radius 1 is 0.942 bits per heavy atom. The van der Waals surface area contributed by atoms with Crippen LogP contribution in [0.15, 0.2) is 116 Å². The maximum absolute atomic E-state index is 15.1. The first-order valence-electron chi connectivity index (χ1n) is 17.3. The van der Waals surface area contributed by atoms with E-state index in [1.807, 2.05) is 77.7 Å². The molecule has 4 N–H and O–H groups in total. The summed E-state index contributed by atoms with van der Waals surface area (Å²) in [6.07, 6.45) is 0.986. The van der Waals surface area contributed by atoms with Gasteiger partial charge in [0.05, 0.1) is 31.2 Å². The molecule has 10 heteroatoms. The molecule has 264 valence electrons. The van der Waals surface area contributed by atoms with E-state index in [1.54, 1.807) is 36.4 Å². The van der Waals surface area contributed by atoms with E-state index >= 15 is 4.79 Å². The number of aliphatic hydroxyl groups excluding tert-OH is 2. The first-order valence-corrected chi connectivity index (χ1v) is 17.3. The molecule has 2 amide bonds. The molecule has 1 spiro atoms. The molecule has 6 atom stereocenters. The first kappa shape index (κ1) is 34.7. The van der Waals surface area contributed by atoms with Crippen molar-refractivity contribution < 1.29 is 34.1 Å². The van der Waals surface area contributed by atoms with Crippen molar-refractivity contribution in [3.8, 4) is 17.6 Å². The van der Waals surface area contributed by atoms with Gasteiger partial charge >= 0.3 is 5.97 Å². The van der Waals surface area contributed by atoms with Crippen LogP contribution in [0.1, 0.15) is 52.4 Å². The number of anilines is 1. The van der Waals surface area contributed by atoms with Gasteiger partial charge in [0.1, 0.15) is 29.9 Å². The molecule has 10 nitrogen and oxygen atoms in total. The van der Waals surface area contributed by atoms with Gasteiger partial charge in [0.15, 0.2) is 0 Å². The van der Waals surface area contributed by atoms with Gasteiger partial charge in [-0.3, -0.25) is 19.3 Å². The molecule has 0 aromatic heterocycles. The number of morpholine rings is 1. The average Bonchev–Trinajstić information content (AvgIpc) is 3.65. The summed E-state index contributed by atoms with van der Waals surface area (Å²) < 4.78 is 12.6. The Labute approximate surface area is 302 Å². The molecule has 0 bridgehead atoms. The number of hydrogen-bond donors (Lipinski definition) is 4. The fraction of sp³-hybridized carbons (Fsp3) is 0.262. The number of carbonyl (C=O) groups excluding carboxylic acids is 3. The summed E-state index contributed by atoms with van der Waals surface area (Å²) in [7, 11) is 0. The summed E-state index contributed by atoms with van der Waals surface area (Å²) in [6, 6.07) is 28.8. The lowest BCUT2D eigenvalue weighted by Gasteiger charge is -2.46. The maximum Gasteiger partial charge on any atom is 0.324 e. The van der Waals surface area contributed by atoms with Gasteiger partial charge in [-0.1, -0.05) is 96.8 Å². The van der Waals surface area contributed by atoms with E-state index in [1.165, 1.54) is 0 Å². The van der Waals surface area contributed by atoms with E-state index in [4.69, 9.17) is 9.47 Å². The summed E-state index contributed by atoms with van der Waals surface area (Å²) in [5.74, 6) is 3.52. The lowest BCUT2D eigenvalue weighted by Crippen LogP contribution is -2.54. The molecule has 4 aromatic carbocycles. The number of esters is 1. The van der Waals surface area contributed by atoms with Crippen molar-refractivity contribution in [3.63, 3.8) is 0 Å². The quantitative estimate of drug-likeness (QED) is 0.109. The normalized spacial score (nSPS) is 24.5. The lowest BCUT2D eigenvalue weighted by molar-refractivity contribution is -0.178. The fourth-order valence-corrected chi connectivity index (χ4v) is 8.14. The molecule has 3 heterocycles. The molecule has 52 heavy (non-hydrogen) atoms. The molecular weight excluding hydrogens is 658 g/mol. The smallest absolute Gasteiger partial charge is 0.324 e. The molecule has 3 aliphatic rings. The summed E-state index contributed by atoms with van der Waals surface area (Å²) >= 11 is 0. The minimum absolute atomic E-state index is 0.0203. The molecule has 7 rings (SSSR count). The monoisotopic (exact) mass is 697 g/mol. The van der Waals surface area contributed by atoms with E-state index in [2.05, 4.69) is 29.1 Å². The van der Waals surface area contributed by atoms with Gasteiger partial charge in [-0.2, -0.15) is 0 Å². The number of fused-ring (bicyclic) bond motifs is 3. The largest absolute Gasteiger partial charge is 0.491 e. The van der Waals surface area contributed by atoms with Crippen LogP contribution >= 0.6 is 0 Å². The minimum atomic E-state index is -1.71. The maximum atomic E-state index is 15.1. The molecule has 2 saturated heterocycles. The van der Waals surface area contributed by atoms with Crippen molar-refractivity contribution in [2.75, 3.05) is 31.7 Å². The van der Waals surface area contributed by atoms with Crippen LogP contribution in [0.3, 0.4) is 0 Å². The van der Waals surface area contributed by atoms with Gasteiger partial charge in [0.2, 0.25) is 11.8 Å². The number of benzene rings is 4. The standard InChI is InChI=1S/C42H39N3O7/c1-2-22-43-39(48)34-36-40(49)52-37(29-16-7-4-8-17-29)35(28-14-5-3-6-15-28)45(36)38(30-18-9-10-19-33(30)51-25-24-47)42(34)31-26-27(13-11-12-23-46)20-21-32(31)44-41(42)50/h2-10,14-21,26,34-38,46-47H,1,12,22-25H2,(H,43,48)(H,44,50)/t34-,35-,36-,37+,38+,42-/m0/s1. The Balaban J connectivity index is 1.58. The topological polar surface area (TPSA) is 137 Å². The van der Waals surface area contributed by atoms with Crippen LogP contribution in [-0.4, -0.2) is 65.3 Å². The van der Waals surface area contributed by atoms with E-state index in [-0.39, 0.29) is 32.8 Å². The number of rotatable bonds is 10. The van der Waals surface area contributed by atoms with Crippen LogP contribution in [0.25, 0.3) is 0 Å². The number of cyclic esters (lactones) is 1. The second kappa shape index (κ2) is 14.9. The Morgan fingerprint density at radius 2 is 1.65 bits per heavy atom. The molecule has 2 fully saturated rings. The highest BCUT2D eigenvalue weighted by Gasteiger charge is 2.74. The highest BCUT2D eigenvalue weighted by molar-refractivity contribution is 6.12. The summed E-state index contributed by atoms with van der Waals surface area (Å²) in [5.41, 5.74) is 1.97. The van der Waals surface area contributed by atoms with Gasteiger partial charge in [-0.25, -0.2) is 0 Å². The third kappa shape index (κ3) is 5.83. The number of carbonyl (C=O) groups is 3. The number of para-hydroxylation sites is 1. The zero-order chi connectivity index (χ0) is 36.2. The average molecular weight is 698 g/mol. The van der Waals surface area contributed by atoms with Crippen LogP contribution < -0.4 is 15.4 Å². The lowest BCUT2D eigenvalue weighted by atomic mass is 9.65. The Morgan fingerprint density at radius 3 is 2.37 bits per heavy atom. The van der Waals surface area contributed by atoms with Gasteiger partial charge in [0, 0.05) is 29.8 Å². The highest BCUT2D eigenvalue weighted by atomic mass is 16.6. The second-order valence-corrected chi connectivity index (χ2v) is 12.9. The number of nitrogens with one attached hydrogen (secondary N) is 2. The van der Waals surface area contributed by atoms with Crippen molar-refractivity contribution >= 4 is 23.5 Å². The fourth-order valence-electron chi connectivity index (χ4n) is 8.14. The van der Waals surface area contributed by atoms with Crippen LogP contribution in [-0.2, 0) is 24.5 Å². The molecule has 0 aliphatic carbocycles. The summed E-state index contributed by atoms with van der Waals surface area (Å²) in [4.78, 5) is 46.6. The van der Waals surface area contributed by atoms with Crippen molar-refractivity contribution in [1.29, 1.82) is 0 Å². The van der Waals surface area contributed by atoms with Crippen LogP contribution in [0.5, 0.6) is 5.75 Å². The molecule has 3 aliphatic heterocycles. The number of amides is 2. The molecule has 0 radical (unpaired) electrons. The number of nitrogens with zero attached hydrogens (tertiary/aromatic N) is 1. The highest BCUT2D eigenvalue weighted by Crippen LogP contribution is 2.65. The number of hydrogen-bond acceptors (Lipinski definition) is 8. The van der Waals surface area contributed by atoms with Gasteiger partial charge in [-0.15, -0.1) is 6.58 Å². The van der Waals surface area contributed by atoms with E-state index in [9.17, 15) is 19.8 Å². The van der Waals surface area contributed by atoms with Crippen LogP contribution in [0.4, 0.5) is 5.69 Å². The molecule has 4 aromatic rings. The summed E-state index contributed by atoms with van der Waals surface area (Å²) in [5, 5.41) is 25.2. The van der Waals surface area contributed by atoms with E-state index in [0.717, 1.165) is 11.1 Å². The number of ether oxygens (including phenoxy) is 2. The zero-order valence-corrected chi connectivity index (χ0v) is 28.4. The molecule has 0 unspecified atom stereocenters. The van der Waals surface area contributed by atoms with E-state index < -0.39 is 53.3 Å². The Bertz CT molecular complexity index is 2040. The summed E-state index contributed by atoms with van der Waals surface area (Å²) in [6.45, 7) is 3.49. The van der Waals surface area contributed by atoms with Crippen molar-refractivity contribution in [1.82, 2.24) is 10.2 Å². The predicted molar refractivity (Wildman–Crippen MR) is 194 cm³/mol. The van der Waals surface area contributed by atoms with Crippen molar-refractivity contribution in [2.45, 2.75) is 36.1 Å².